The zero-order chi connectivity index (χ0) is 23.1. The molecule has 2 aromatic rings. The molecule has 2 aliphatic rings. The van der Waals surface area contributed by atoms with E-state index in [0.717, 1.165) is 36.1 Å². The summed E-state index contributed by atoms with van der Waals surface area (Å²) in [5.74, 6) is 0.861. The summed E-state index contributed by atoms with van der Waals surface area (Å²) >= 11 is 0. The summed E-state index contributed by atoms with van der Waals surface area (Å²) in [5.41, 5.74) is 3.21. The summed E-state index contributed by atoms with van der Waals surface area (Å²) in [6, 6.07) is 4.67. The molecule has 1 atom stereocenters. The summed E-state index contributed by atoms with van der Waals surface area (Å²) in [5, 5.41) is 12.5. The second kappa shape index (κ2) is 8.56. The van der Waals surface area contributed by atoms with Gasteiger partial charge in [-0.2, -0.15) is 8.42 Å². The molecule has 1 aromatic carbocycles. The average Bonchev–Trinajstić information content (AvgIpc) is 3.47. The molecule has 0 radical (unpaired) electrons. The van der Waals surface area contributed by atoms with Crippen molar-refractivity contribution in [3.05, 3.63) is 46.7 Å². The molecule has 8 heteroatoms. The lowest BCUT2D eigenvalue weighted by atomic mass is 9.84. The highest BCUT2D eigenvalue weighted by Crippen LogP contribution is 2.42. The number of hydrogen-bond acceptors (Lipinski definition) is 5. The number of rotatable bonds is 6. The minimum Gasteiger partial charge on any atom is -0.451 e. The lowest BCUT2D eigenvalue weighted by molar-refractivity contribution is 0.0779. The molecule has 1 fully saturated rings. The number of aryl methyl sites for hydroxylation is 1. The van der Waals surface area contributed by atoms with Crippen LogP contribution in [0.4, 0.5) is 10.5 Å². The standard InChI is InChI=1S/C24H32N2O5S/c1-15(16-7-4-5-8-16)19-12-11-17-9-6-10-20(17)22(19)25-23(27)26-32(29,30)21-13-18(14-31-21)24(2,3)28/h11-16,28H,4-10H2,1-3H3,(H2,25,26,27)/t15-/m0/s1. The van der Waals surface area contributed by atoms with E-state index in [1.165, 1.54) is 57.4 Å². The second-order valence-corrected chi connectivity index (χ2v) is 11.2. The number of aliphatic hydroxyl groups is 1. The number of benzene rings is 1. The van der Waals surface area contributed by atoms with Crippen LogP contribution in [0.1, 0.15) is 81.0 Å². The van der Waals surface area contributed by atoms with Crippen molar-refractivity contribution < 1.29 is 22.7 Å². The van der Waals surface area contributed by atoms with Gasteiger partial charge in [-0.15, -0.1) is 0 Å². The number of sulfonamides is 1. The quantitative estimate of drug-likeness (QED) is 0.574. The van der Waals surface area contributed by atoms with Crippen molar-refractivity contribution in [1.29, 1.82) is 0 Å². The van der Waals surface area contributed by atoms with Crippen LogP contribution >= 0.6 is 0 Å². The van der Waals surface area contributed by atoms with E-state index in [-0.39, 0.29) is 5.92 Å². The lowest BCUT2D eigenvalue weighted by Crippen LogP contribution is -2.35. The third-order valence-electron chi connectivity index (χ3n) is 6.92. The number of fused-ring (bicyclic) bond motifs is 1. The van der Waals surface area contributed by atoms with E-state index in [1.54, 1.807) is 0 Å². The summed E-state index contributed by atoms with van der Waals surface area (Å²) in [7, 11) is -4.22. The van der Waals surface area contributed by atoms with Crippen molar-refractivity contribution in [2.24, 2.45) is 5.92 Å². The van der Waals surface area contributed by atoms with Crippen LogP contribution in [0.5, 0.6) is 0 Å². The molecule has 0 aliphatic heterocycles. The van der Waals surface area contributed by atoms with Gasteiger partial charge in [0.2, 0.25) is 5.09 Å². The number of furan rings is 1. The Labute approximate surface area is 189 Å². The van der Waals surface area contributed by atoms with Crippen LogP contribution in [-0.4, -0.2) is 19.6 Å². The number of nitrogens with one attached hydrogen (secondary N) is 2. The zero-order valence-corrected chi connectivity index (χ0v) is 19.7. The Hall–Kier alpha value is -2.32. The molecule has 1 saturated carbocycles. The summed E-state index contributed by atoms with van der Waals surface area (Å²) in [4.78, 5) is 12.8. The molecule has 0 saturated heterocycles. The molecule has 0 unspecified atom stereocenters. The van der Waals surface area contributed by atoms with Crippen molar-refractivity contribution in [2.45, 2.75) is 82.3 Å². The van der Waals surface area contributed by atoms with Crippen LogP contribution in [-0.2, 0) is 28.5 Å². The number of carbonyl (C=O) groups excluding carboxylic acids is 1. The van der Waals surface area contributed by atoms with Crippen LogP contribution < -0.4 is 10.0 Å². The van der Waals surface area contributed by atoms with Gasteiger partial charge in [-0.05, 0) is 74.5 Å². The van der Waals surface area contributed by atoms with Crippen LogP contribution in [0.3, 0.4) is 0 Å². The molecule has 174 valence electrons. The highest BCUT2D eigenvalue weighted by atomic mass is 32.2. The molecule has 32 heavy (non-hydrogen) atoms. The summed E-state index contributed by atoms with van der Waals surface area (Å²) in [6.45, 7) is 5.25. The fraction of sp³-hybridized carbons (Fsp3) is 0.542. The molecular formula is C24H32N2O5S. The molecule has 2 aliphatic carbocycles. The van der Waals surface area contributed by atoms with Crippen LogP contribution in [0.2, 0.25) is 0 Å². The Morgan fingerprint density at radius 3 is 2.56 bits per heavy atom. The molecule has 1 aromatic heterocycles. The number of anilines is 1. The molecule has 0 spiro atoms. The smallest absolute Gasteiger partial charge is 0.333 e. The SMILES string of the molecule is C[C@H](c1ccc2c(c1NC(=O)NS(=O)(=O)c1cc(C(C)(C)O)co1)CCC2)C1CCCC1. The average molecular weight is 461 g/mol. The zero-order valence-electron chi connectivity index (χ0n) is 18.9. The van der Waals surface area contributed by atoms with Crippen molar-refractivity contribution in [2.75, 3.05) is 5.32 Å². The third kappa shape index (κ3) is 4.57. The van der Waals surface area contributed by atoms with Gasteiger partial charge in [0.25, 0.3) is 10.0 Å². The molecule has 7 nitrogen and oxygen atoms in total. The topological polar surface area (TPSA) is 109 Å². The molecular weight excluding hydrogens is 428 g/mol. The molecule has 1 heterocycles. The molecule has 3 N–H and O–H groups in total. The number of hydrogen-bond donors (Lipinski definition) is 3. The second-order valence-electron chi connectivity index (χ2n) is 9.63. The first-order valence-electron chi connectivity index (χ1n) is 11.4. The van der Waals surface area contributed by atoms with Crippen molar-refractivity contribution in [3.63, 3.8) is 0 Å². The Balaban J connectivity index is 1.57. The van der Waals surface area contributed by atoms with E-state index >= 15 is 0 Å². The van der Waals surface area contributed by atoms with Crippen LogP contribution in [0, 0.1) is 5.92 Å². The normalized spacial score (nSPS) is 17.9. The Bertz CT molecular complexity index is 1110. The van der Waals surface area contributed by atoms with Crippen LogP contribution in [0.25, 0.3) is 0 Å². The number of carbonyl (C=O) groups is 1. The largest absolute Gasteiger partial charge is 0.451 e. The fourth-order valence-electron chi connectivity index (χ4n) is 5.01. The molecule has 0 bridgehead atoms. The predicted molar refractivity (Wildman–Crippen MR) is 122 cm³/mol. The first-order chi connectivity index (χ1) is 15.1. The number of urea groups is 1. The highest BCUT2D eigenvalue weighted by molar-refractivity contribution is 7.89. The predicted octanol–water partition coefficient (Wildman–Crippen LogP) is 4.80. The van der Waals surface area contributed by atoms with Crippen molar-refractivity contribution in [1.82, 2.24) is 4.72 Å². The van der Waals surface area contributed by atoms with E-state index in [1.807, 2.05) is 0 Å². The summed E-state index contributed by atoms with van der Waals surface area (Å²) in [6.07, 6.45) is 8.87. The van der Waals surface area contributed by atoms with Crippen molar-refractivity contribution in [3.8, 4) is 0 Å². The van der Waals surface area contributed by atoms with E-state index in [9.17, 15) is 18.3 Å². The van der Waals surface area contributed by atoms with Gasteiger partial charge in [0.1, 0.15) is 0 Å². The maximum Gasteiger partial charge on any atom is 0.333 e. The first kappa shape index (κ1) is 22.9. The van der Waals surface area contributed by atoms with Gasteiger partial charge in [0.05, 0.1) is 11.9 Å². The minimum atomic E-state index is -4.22. The molecule has 4 rings (SSSR count). The van der Waals surface area contributed by atoms with Gasteiger partial charge in [0, 0.05) is 17.3 Å². The molecule has 2 amide bonds. The maximum atomic E-state index is 12.8. The minimum absolute atomic E-state index is 0.287. The fourth-order valence-corrected chi connectivity index (χ4v) is 5.87. The number of amides is 2. The highest BCUT2D eigenvalue weighted by Gasteiger charge is 2.30. The first-order valence-corrected chi connectivity index (χ1v) is 12.8. The maximum absolute atomic E-state index is 12.8. The Morgan fingerprint density at radius 1 is 1.19 bits per heavy atom. The third-order valence-corrected chi connectivity index (χ3v) is 8.12. The van der Waals surface area contributed by atoms with E-state index in [2.05, 4.69) is 29.1 Å². The van der Waals surface area contributed by atoms with E-state index in [0.29, 0.717) is 11.5 Å². The van der Waals surface area contributed by atoms with Gasteiger partial charge < -0.3 is 14.8 Å². The van der Waals surface area contributed by atoms with Gasteiger partial charge in [-0.1, -0.05) is 31.9 Å². The van der Waals surface area contributed by atoms with E-state index < -0.39 is 26.7 Å². The lowest BCUT2D eigenvalue weighted by Gasteiger charge is -2.24. The summed E-state index contributed by atoms with van der Waals surface area (Å²) < 4.78 is 32.6. The Morgan fingerprint density at radius 2 is 1.91 bits per heavy atom. The van der Waals surface area contributed by atoms with Crippen molar-refractivity contribution >= 4 is 21.7 Å². The Kier molecular flexibility index (Phi) is 6.11. The monoisotopic (exact) mass is 460 g/mol. The van der Waals surface area contributed by atoms with Gasteiger partial charge in [0.15, 0.2) is 0 Å². The van der Waals surface area contributed by atoms with Gasteiger partial charge in [-0.3, -0.25) is 0 Å². The van der Waals surface area contributed by atoms with E-state index in [4.69, 9.17) is 4.42 Å². The van der Waals surface area contributed by atoms with Gasteiger partial charge in [-0.25, -0.2) is 9.52 Å². The van der Waals surface area contributed by atoms with Gasteiger partial charge >= 0.3 is 6.03 Å². The van der Waals surface area contributed by atoms with Crippen LogP contribution in [0.15, 0.2) is 34.0 Å².